The van der Waals surface area contributed by atoms with Gasteiger partial charge in [-0.2, -0.15) is 0 Å². The Labute approximate surface area is 147 Å². The summed E-state index contributed by atoms with van der Waals surface area (Å²) in [4.78, 5) is 32.4. The average Bonchev–Trinajstić information content (AvgIpc) is 3.05. The van der Waals surface area contributed by atoms with Crippen molar-refractivity contribution in [2.24, 2.45) is 5.92 Å². The van der Waals surface area contributed by atoms with E-state index in [9.17, 15) is 9.59 Å². The van der Waals surface area contributed by atoms with Crippen LogP contribution in [0.15, 0.2) is 36.4 Å². The molecule has 0 spiro atoms. The molecule has 0 aliphatic heterocycles. The van der Waals surface area contributed by atoms with E-state index < -0.39 is 5.97 Å². The van der Waals surface area contributed by atoms with Crippen LogP contribution in [0.25, 0.3) is 11.0 Å². The minimum atomic E-state index is -0.943. The summed E-state index contributed by atoms with van der Waals surface area (Å²) < 4.78 is 0. The molecule has 1 amide bonds. The smallest absolute Gasteiger partial charge is 0.345 e. The molecule has 7 heteroatoms. The van der Waals surface area contributed by atoms with E-state index in [2.05, 4.69) is 15.3 Å². The summed E-state index contributed by atoms with van der Waals surface area (Å²) in [6.07, 6.45) is 0.781. The SMILES string of the molecule is CC(NC(=O)[C@H]1C[C@@H]1c1nc2ccccc2[nH]1)c1ccc(C(=O)O)s1. The van der Waals surface area contributed by atoms with Crippen LogP contribution in [0.1, 0.15) is 45.7 Å². The van der Waals surface area contributed by atoms with E-state index in [1.165, 1.54) is 11.3 Å². The number of carbonyl (C=O) groups is 2. The molecule has 3 aromatic rings. The van der Waals surface area contributed by atoms with Crippen molar-refractivity contribution in [2.45, 2.75) is 25.3 Å². The Bertz CT molecular complexity index is 928. The number of hydrogen-bond donors (Lipinski definition) is 3. The van der Waals surface area contributed by atoms with Crippen LogP contribution < -0.4 is 5.32 Å². The third-order valence-electron chi connectivity index (χ3n) is 4.51. The number of thiophene rings is 1. The molecule has 1 aliphatic carbocycles. The van der Waals surface area contributed by atoms with Crippen LogP contribution in [-0.2, 0) is 4.79 Å². The molecule has 3 atom stereocenters. The van der Waals surface area contributed by atoms with Crippen molar-refractivity contribution in [3.8, 4) is 0 Å². The van der Waals surface area contributed by atoms with Crippen LogP contribution in [0.4, 0.5) is 0 Å². The molecule has 1 aliphatic rings. The maximum absolute atomic E-state index is 12.5. The monoisotopic (exact) mass is 355 g/mol. The predicted molar refractivity (Wildman–Crippen MR) is 94.8 cm³/mol. The second kappa shape index (κ2) is 6.00. The Morgan fingerprint density at radius 3 is 2.84 bits per heavy atom. The van der Waals surface area contributed by atoms with Gasteiger partial charge in [-0.15, -0.1) is 11.3 Å². The minimum Gasteiger partial charge on any atom is -0.477 e. The molecule has 25 heavy (non-hydrogen) atoms. The van der Waals surface area contributed by atoms with Gasteiger partial charge in [-0.05, 0) is 37.6 Å². The third-order valence-corrected chi connectivity index (χ3v) is 5.77. The number of aromatic amines is 1. The molecule has 1 aromatic carbocycles. The number of aromatic nitrogens is 2. The van der Waals surface area contributed by atoms with Gasteiger partial charge in [0.05, 0.1) is 17.1 Å². The number of imidazole rings is 1. The summed E-state index contributed by atoms with van der Waals surface area (Å²) in [5, 5.41) is 12.0. The van der Waals surface area contributed by atoms with E-state index in [0.717, 1.165) is 28.2 Å². The molecule has 2 aromatic heterocycles. The van der Waals surface area contributed by atoms with Gasteiger partial charge in [0.2, 0.25) is 5.91 Å². The van der Waals surface area contributed by atoms with E-state index in [-0.39, 0.29) is 28.7 Å². The predicted octanol–water partition coefficient (Wildman–Crippen LogP) is 3.30. The maximum atomic E-state index is 12.5. The van der Waals surface area contributed by atoms with E-state index in [4.69, 9.17) is 5.11 Å². The van der Waals surface area contributed by atoms with Crippen LogP contribution in [0.5, 0.6) is 0 Å². The van der Waals surface area contributed by atoms with Gasteiger partial charge < -0.3 is 15.4 Å². The second-order valence-corrected chi connectivity index (χ2v) is 7.44. The Morgan fingerprint density at radius 2 is 2.12 bits per heavy atom. The quantitative estimate of drug-likeness (QED) is 0.654. The highest BCUT2D eigenvalue weighted by molar-refractivity contribution is 7.14. The fourth-order valence-electron chi connectivity index (χ4n) is 3.03. The van der Waals surface area contributed by atoms with E-state index in [1.807, 2.05) is 31.2 Å². The van der Waals surface area contributed by atoms with Gasteiger partial charge in [-0.3, -0.25) is 4.79 Å². The summed E-state index contributed by atoms with van der Waals surface area (Å²) >= 11 is 1.19. The fraction of sp³-hybridized carbons (Fsp3) is 0.278. The lowest BCUT2D eigenvalue weighted by Gasteiger charge is -2.11. The van der Waals surface area contributed by atoms with Gasteiger partial charge in [0, 0.05) is 16.7 Å². The first-order valence-electron chi connectivity index (χ1n) is 8.11. The number of hydrogen-bond acceptors (Lipinski definition) is 4. The van der Waals surface area contributed by atoms with Gasteiger partial charge in [0.15, 0.2) is 0 Å². The van der Waals surface area contributed by atoms with Crippen LogP contribution in [-0.4, -0.2) is 27.0 Å². The molecule has 0 saturated heterocycles. The largest absolute Gasteiger partial charge is 0.477 e. The lowest BCUT2D eigenvalue weighted by atomic mass is 10.2. The normalized spacial score (nSPS) is 20.4. The van der Waals surface area contributed by atoms with Crippen LogP contribution in [0, 0.1) is 5.92 Å². The molecule has 6 nitrogen and oxygen atoms in total. The number of carbonyl (C=O) groups excluding carboxylic acids is 1. The zero-order chi connectivity index (χ0) is 17.6. The number of aromatic carboxylic acids is 1. The van der Waals surface area contributed by atoms with Crippen molar-refractivity contribution < 1.29 is 14.7 Å². The van der Waals surface area contributed by atoms with Crippen molar-refractivity contribution in [3.05, 3.63) is 52.0 Å². The highest BCUT2D eigenvalue weighted by atomic mass is 32.1. The summed E-state index contributed by atoms with van der Waals surface area (Å²) in [5.74, 6) is -0.0529. The van der Waals surface area contributed by atoms with E-state index in [0.29, 0.717) is 0 Å². The molecule has 0 bridgehead atoms. The standard InChI is InChI=1S/C18H17N3O3S/c1-9(14-6-7-15(25-14)18(23)24)19-17(22)11-8-10(11)16-20-12-4-2-3-5-13(12)21-16/h2-7,9-11H,8H2,1H3,(H,19,22)(H,20,21)(H,23,24)/t9?,10-,11-/m0/s1. The molecular weight excluding hydrogens is 338 g/mol. The van der Waals surface area contributed by atoms with Crippen molar-refractivity contribution in [3.63, 3.8) is 0 Å². The highest BCUT2D eigenvalue weighted by Crippen LogP contribution is 2.47. The van der Waals surface area contributed by atoms with Crippen molar-refractivity contribution in [2.75, 3.05) is 0 Å². The zero-order valence-corrected chi connectivity index (χ0v) is 14.3. The minimum absolute atomic E-state index is 0.0109. The zero-order valence-electron chi connectivity index (χ0n) is 13.5. The summed E-state index contributed by atoms with van der Waals surface area (Å²) in [6.45, 7) is 1.87. The summed E-state index contributed by atoms with van der Waals surface area (Å²) in [5.41, 5.74) is 1.90. The number of fused-ring (bicyclic) bond motifs is 1. The summed E-state index contributed by atoms with van der Waals surface area (Å²) in [7, 11) is 0. The maximum Gasteiger partial charge on any atom is 0.345 e. The van der Waals surface area contributed by atoms with E-state index >= 15 is 0 Å². The Balaban J connectivity index is 1.41. The van der Waals surface area contributed by atoms with Crippen molar-refractivity contribution in [1.82, 2.24) is 15.3 Å². The Kier molecular flexibility index (Phi) is 3.80. The first kappa shape index (κ1) is 15.8. The van der Waals surface area contributed by atoms with Gasteiger partial charge in [0.1, 0.15) is 10.7 Å². The lowest BCUT2D eigenvalue weighted by molar-refractivity contribution is -0.123. The number of carboxylic acids is 1. The fourth-order valence-corrected chi connectivity index (χ4v) is 3.88. The van der Waals surface area contributed by atoms with Crippen LogP contribution in [0.3, 0.4) is 0 Å². The molecular formula is C18H17N3O3S. The number of rotatable bonds is 5. The van der Waals surface area contributed by atoms with Gasteiger partial charge in [-0.25, -0.2) is 9.78 Å². The number of benzene rings is 1. The average molecular weight is 355 g/mol. The van der Waals surface area contributed by atoms with Crippen LogP contribution in [0.2, 0.25) is 0 Å². The molecule has 1 fully saturated rings. The molecule has 3 N–H and O–H groups in total. The Morgan fingerprint density at radius 1 is 1.32 bits per heavy atom. The molecule has 0 radical (unpaired) electrons. The van der Waals surface area contributed by atoms with Crippen molar-refractivity contribution >= 4 is 34.2 Å². The number of para-hydroxylation sites is 2. The Hall–Kier alpha value is -2.67. The number of nitrogens with zero attached hydrogens (tertiary/aromatic N) is 1. The first-order chi connectivity index (χ1) is 12.0. The second-order valence-electron chi connectivity index (χ2n) is 6.33. The van der Waals surface area contributed by atoms with Crippen molar-refractivity contribution in [1.29, 1.82) is 0 Å². The summed E-state index contributed by atoms with van der Waals surface area (Å²) in [6, 6.07) is 10.9. The number of nitrogens with one attached hydrogen (secondary N) is 2. The topological polar surface area (TPSA) is 95.1 Å². The molecule has 1 unspecified atom stereocenters. The first-order valence-corrected chi connectivity index (χ1v) is 8.92. The third kappa shape index (κ3) is 3.02. The molecule has 1 saturated carbocycles. The molecule has 4 rings (SSSR count). The number of carboxylic acid groups (broad SMARTS) is 1. The molecule has 128 valence electrons. The van der Waals surface area contributed by atoms with Gasteiger partial charge in [0.25, 0.3) is 0 Å². The lowest BCUT2D eigenvalue weighted by Crippen LogP contribution is -2.28. The number of H-pyrrole nitrogens is 1. The van der Waals surface area contributed by atoms with Gasteiger partial charge >= 0.3 is 5.97 Å². The molecule has 2 heterocycles. The number of amides is 1. The van der Waals surface area contributed by atoms with E-state index in [1.54, 1.807) is 12.1 Å². The highest BCUT2D eigenvalue weighted by Gasteiger charge is 2.46. The van der Waals surface area contributed by atoms with Crippen LogP contribution >= 0.6 is 11.3 Å². The van der Waals surface area contributed by atoms with Gasteiger partial charge in [-0.1, -0.05) is 12.1 Å².